The summed E-state index contributed by atoms with van der Waals surface area (Å²) in [5.74, 6) is -0.0420. The Morgan fingerprint density at radius 1 is 1.53 bits per heavy atom. The minimum atomic E-state index is -0.827. The highest BCUT2D eigenvalue weighted by atomic mass is 19.1. The molecule has 0 radical (unpaired) electrons. The fraction of sp³-hybridized carbons (Fsp3) is 0.727. The maximum atomic E-state index is 13.1. The number of hydrogen-bond donors (Lipinski definition) is 0. The summed E-state index contributed by atoms with van der Waals surface area (Å²) < 4.78 is 18.6. The van der Waals surface area contributed by atoms with Gasteiger partial charge in [-0.15, -0.1) is 0 Å². The van der Waals surface area contributed by atoms with E-state index in [0.29, 0.717) is 19.5 Å². The van der Waals surface area contributed by atoms with Gasteiger partial charge < -0.3 is 9.64 Å². The molecule has 3 nitrogen and oxygen atoms in total. The van der Waals surface area contributed by atoms with Gasteiger partial charge in [0.25, 0.3) is 0 Å². The van der Waals surface area contributed by atoms with Crippen LogP contribution in [0.15, 0.2) is 12.7 Å². The van der Waals surface area contributed by atoms with E-state index >= 15 is 0 Å². The molecule has 0 aromatic carbocycles. The van der Waals surface area contributed by atoms with Crippen molar-refractivity contribution in [1.29, 1.82) is 0 Å². The lowest BCUT2D eigenvalue weighted by Crippen LogP contribution is -2.46. The summed E-state index contributed by atoms with van der Waals surface area (Å²) in [6.07, 6.45) is 2.47. The van der Waals surface area contributed by atoms with Crippen LogP contribution in [-0.4, -0.2) is 42.3 Å². The maximum absolute atomic E-state index is 13.1. The van der Waals surface area contributed by atoms with Crippen LogP contribution in [0.4, 0.5) is 4.39 Å². The van der Waals surface area contributed by atoms with E-state index in [4.69, 9.17) is 4.74 Å². The van der Waals surface area contributed by atoms with Crippen molar-refractivity contribution in [2.45, 2.75) is 31.0 Å². The highest BCUT2D eigenvalue weighted by Gasteiger charge is 2.43. The quantitative estimate of drug-likeness (QED) is 0.614. The van der Waals surface area contributed by atoms with Crippen LogP contribution in [0.5, 0.6) is 0 Å². The monoisotopic (exact) mass is 213 g/mol. The lowest BCUT2D eigenvalue weighted by Gasteiger charge is -2.38. The molecule has 2 rings (SSSR count). The SMILES string of the molecule is C=CC(=O)N1CCC2(CC1)C[C@H](F)CO2. The number of nitrogens with zero attached hydrogens (tertiary/aromatic N) is 1. The van der Waals surface area contributed by atoms with Crippen LogP contribution in [0.25, 0.3) is 0 Å². The number of likely N-dealkylation sites (tertiary alicyclic amines) is 1. The first-order valence-electron chi connectivity index (χ1n) is 5.35. The summed E-state index contributed by atoms with van der Waals surface area (Å²) in [5.41, 5.74) is -0.294. The molecule has 0 N–H and O–H groups in total. The second-order valence-corrected chi connectivity index (χ2v) is 4.32. The number of piperidine rings is 1. The van der Waals surface area contributed by atoms with Crippen LogP contribution in [0.1, 0.15) is 19.3 Å². The van der Waals surface area contributed by atoms with Crippen LogP contribution in [-0.2, 0) is 9.53 Å². The van der Waals surface area contributed by atoms with Crippen molar-refractivity contribution in [1.82, 2.24) is 4.90 Å². The summed E-state index contributed by atoms with van der Waals surface area (Å²) in [6.45, 7) is 4.97. The van der Waals surface area contributed by atoms with E-state index in [1.165, 1.54) is 6.08 Å². The topological polar surface area (TPSA) is 29.5 Å². The van der Waals surface area contributed by atoms with Crippen molar-refractivity contribution in [2.24, 2.45) is 0 Å². The van der Waals surface area contributed by atoms with Gasteiger partial charge >= 0.3 is 0 Å². The average molecular weight is 213 g/mol. The molecule has 1 atom stereocenters. The highest BCUT2D eigenvalue weighted by Crippen LogP contribution is 2.36. The summed E-state index contributed by atoms with van der Waals surface area (Å²) in [6, 6.07) is 0. The molecule has 2 fully saturated rings. The second-order valence-electron chi connectivity index (χ2n) is 4.32. The molecule has 0 bridgehead atoms. The molecule has 0 aromatic rings. The number of carbonyl (C=O) groups is 1. The molecule has 0 aliphatic carbocycles. The van der Waals surface area contributed by atoms with Crippen LogP contribution in [0.2, 0.25) is 0 Å². The van der Waals surface area contributed by atoms with Gasteiger partial charge in [0.05, 0.1) is 12.2 Å². The highest BCUT2D eigenvalue weighted by molar-refractivity contribution is 5.87. The number of hydrogen-bond acceptors (Lipinski definition) is 2. The van der Waals surface area contributed by atoms with Gasteiger partial charge in [0.15, 0.2) is 0 Å². The van der Waals surface area contributed by atoms with Crippen LogP contribution < -0.4 is 0 Å². The Labute approximate surface area is 88.9 Å². The Bertz CT molecular complexity index is 272. The van der Waals surface area contributed by atoms with Gasteiger partial charge in [-0.2, -0.15) is 0 Å². The minimum Gasteiger partial charge on any atom is -0.372 e. The standard InChI is InChI=1S/C11H16FNO2/c1-2-10(14)13-5-3-11(4-6-13)7-9(12)8-15-11/h2,9H,1,3-8H2/t9-/m0/s1. The molecule has 0 unspecified atom stereocenters. The van der Waals surface area contributed by atoms with Crippen LogP contribution >= 0.6 is 0 Å². The third-order valence-corrected chi connectivity index (χ3v) is 3.32. The van der Waals surface area contributed by atoms with Crippen LogP contribution in [0, 0.1) is 0 Å². The van der Waals surface area contributed by atoms with Crippen molar-refractivity contribution in [3.05, 3.63) is 12.7 Å². The fourth-order valence-corrected chi connectivity index (χ4v) is 2.40. The molecular formula is C11H16FNO2. The lowest BCUT2D eigenvalue weighted by atomic mass is 9.88. The van der Waals surface area contributed by atoms with E-state index in [0.717, 1.165) is 12.8 Å². The zero-order chi connectivity index (χ0) is 10.9. The third kappa shape index (κ3) is 2.04. The molecule has 0 aromatic heterocycles. The number of carbonyl (C=O) groups excluding carboxylic acids is 1. The first kappa shape index (κ1) is 10.6. The summed E-state index contributed by atoms with van der Waals surface area (Å²) >= 11 is 0. The number of amides is 1. The predicted molar refractivity (Wildman–Crippen MR) is 54.2 cm³/mol. The van der Waals surface area contributed by atoms with Gasteiger partial charge in [0.2, 0.25) is 5.91 Å². The Kier molecular flexibility index (Phi) is 2.78. The summed E-state index contributed by atoms with van der Waals surface area (Å²) in [7, 11) is 0. The zero-order valence-electron chi connectivity index (χ0n) is 8.75. The number of rotatable bonds is 1. The van der Waals surface area contributed by atoms with Crippen molar-refractivity contribution in [2.75, 3.05) is 19.7 Å². The summed E-state index contributed by atoms with van der Waals surface area (Å²) in [4.78, 5) is 13.1. The predicted octanol–water partition coefficient (Wildman–Crippen LogP) is 1.29. The maximum Gasteiger partial charge on any atom is 0.245 e. The minimum absolute atomic E-state index is 0.0420. The average Bonchev–Trinajstić information content (AvgIpc) is 2.60. The Morgan fingerprint density at radius 3 is 2.67 bits per heavy atom. The molecule has 2 saturated heterocycles. The van der Waals surface area contributed by atoms with Gasteiger partial charge in [-0.3, -0.25) is 4.79 Å². The molecule has 84 valence electrons. The van der Waals surface area contributed by atoms with Gasteiger partial charge in [-0.25, -0.2) is 4.39 Å². The molecule has 2 heterocycles. The van der Waals surface area contributed by atoms with E-state index < -0.39 is 6.17 Å². The van der Waals surface area contributed by atoms with E-state index in [1.807, 2.05) is 0 Å². The van der Waals surface area contributed by atoms with Crippen LogP contribution in [0.3, 0.4) is 0 Å². The van der Waals surface area contributed by atoms with Crippen molar-refractivity contribution >= 4 is 5.91 Å². The molecule has 15 heavy (non-hydrogen) atoms. The van der Waals surface area contributed by atoms with E-state index in [-0.39, 0.29) is 18.1 Å². The third-order valence-electron chi connectivity index (χ3n) is 3.32. The molecule has 1 spiro atoms. The molecule has 4 heteroatoms. The Morgan fingerprint density at radius 2 is 2.20 bits per heavy atom. The van der Waals surface area contributed by atoms with E-state index in [9.17, 15) is 9.18 Å². The van der Waals surface area contributed by atoms with Gasteiger partial charge in [0.1, 0.15) is 6.17 Å². The molecular weight excluding hydrogens is 197 g/mol. The number of alkyl halides is 1. The molecule has 1 amide bonds. The smallest absolute Gasteiger partial charge is 0.245 e. The summed E-state index contributed by atoms with van der Waals surface area (Å²) in [5, 5.41) is 0. The van der Waals surface area contributed by atoms with E-state index in [2.05, 4.69) is 6.58 Å². The largest absolute Gasteiger partial charge is 0.372 e. The normalized spacial score (nSPS) is 29.4. The second kappa shape index (κ2) is 3.93. The first-order valence-corrected chi connectivity index (χ1v) is 5.35. The number of halogens is 1. The van der Waals surface area contributed by atoms with Gasteiger partial charge in [-0.1, -0.05) is 6.58 Å². The fourth-order valence-electron chi connectivity index (χ4n) is 2.40. The molecule has 2 aliphatic heterocycles. The van der Waals surface area contributed by atoms with Crippen molar-refractivity contribution in [3.63, 3.8) is 0 Å². The number of ether oxygens (including phenoxy) is 1. The van der Waals surface area contributed by atoms with Crippen molar-refractivity contribution < 1.29 is 13.9 Å². The Hall–Kier alpha value is -0.900. The van der Waals surface area contributed by atoms with Gasteiger partial charge in [-0.05, 0) is 18.9 Å². The first-order chi connectivity index (χ1) is 7.15. The van der Waals surface area contributed by atoms with Crippen molar-refractivity contribution in [3.8, 4) is 0 Å². The Balaban J connectivity index is 1.92. The lowest BCUT2D eigenvalue weighted by molar-refractivity contribution is -0.130. The van der Waals surface area contributed by atoms with E-state index in [1.54, 1.807) is 4.90 Å². The zero-order valence-corrected chi connectivity index (χ0v) is 8.75. The molecule has 0 saturated carbocycles. The van der Waals surface area contributed by atoms with Gasteiger partial charge in [0, 0.05) is 19.5 Å². The molecule has 2 aliphatic rings.